The summed E-state index contributed by atoms with van der Waals surface area (Å²) in [6, 6.07) is 0. The Morgan fingerprint density at radius 3 is 2.50 bits per heavy atom. The molecule has 0 aromatic heterocycles. The number of allylic oxidation sites excluding steroid dienone is 1. The zero-order valence-electron chi connectivity index (χ0n) is 21.3. The molecule has 0 radical (unpaired) electrons. The molecule has 3 fully saturated rings. The van der Waals surface area contributed by atoms with E-state index in [2.05, 4.69) is 59.8 Å². The average molecular weight is 443 g/mol. The number of rotatable bonds is 6. The minimum Gasteiger partial charge on any atom is -0.393 e. The molecule has 6 rings (SSSR count). The van der Waals surface area contributed by atoms with Gasteiger partial charge in [0, 0.05) is 17.8 Å². The molecule has 32 heavy (non-hydrogen) atoms. The molecule has 4 unspecified atom stereocenters. The summed E-state index contributed by atoms with van der Waals surface area (Å²) in [7, 11) is 0. The Hall–Kier alpha value is -0.640. The Kier molecular flexibility index (Phi) is 5.55. The van der Waals surface area contributed by atoms with Gasteiger partial charge in [-0.2, -0.15) is 0 Å². The van der Waals surface area contributed by atoms with Crippen molar-refractivity contribution in [2.24, 2.45) is 40.4 Å². The molecule has 4 aliphatic carbocycles. The van der Waals surface area contributed by atoms with Crippen LogP contribution in [0.5, 0.6) is 0 Å². The largest absolute Gasteiger partial charge is 0.393 e. The van der Waals surface area contributed by atoms with Crippen molar-refractivity contribution in [3.05, 3.63) is 23.8 Å². The van der Waals surface area contributed by atoms with Gasteiger partial charge in [0.1, 0.15) is 11.2 Å². The van der Waals surface area contributed by atoms with Gasteiger partial charge in [-0.1, -0.05) is 60.5 Å². The first-order valence-corrected chi connectivity index (χ1v) is 13.6. The van der Waals surface area contributed by atoms with Crippen LogP contribution in [0.25, 0.3) is 0 Å². The van der Waals surface area contributed by atoms with Crippen LogP contribution in [-0.2, 0) is 9.78 Å². The minimum atomic E-state index is -0.497. The molecule has 180 valence electrons. The number of hydrogen-bond donors (Lipinski definition) is 1. The fourth-order valence-electron chi connectivity index (χ4n) is 9.06. The zero-order valence-corrected chi connectivity index (χ0v) is 21.3. The van der Waals surface area contributed by atoms with Gasteiger partial charge in [0.25, 0.3) is 0 Å². The van der Waals surface area contributed by atoms with Crippen LogP contribution >= 0.6 is 0 Å². The average Bonchev–Trinajstić information content (AvgIpc) is 3.12. The fourth-order valence-corrected chi connectivity index (χ4v) is 9.06. The van der Waals surface area contributed by atoms with Crippen molar-refractivity contribution < 1.29 is 14.9 Å². The summed E-state index contributed by atoms with van der Waals surface area (Å²) >= 11 is 0. The molecule has 0 aromatic rings. The number of aliphatic hydroxyl groups is 1. The Bertz CT molecular complexity index is 800. The predicted octanol–water partition coefficient (Wildman–Crippen LogP) is 7.01. The molecule has 2 heterocycles. The van der Waals surface area contributed by atoms with Crippen LogP contribution in [-0.4, -0.2) is 22.4 Å². The van der Waals surface area contributed by atoms with Crippen molar-refractivity contribution >= 4 is 0 Å². The number of hydrogen-bond acceptors (Lipinski definition) is 3. The van der Waals surface area contributed by atoms with E-state index in [4.69, 9.17) is 9.78 Å². The summed E-state index contributed by atoms with van der Waals surface area (Å²) in [4.78, 5) is 12.7. The lowest BCUT2D eigenvalue weighted by Gasteiger charge is -2.66. The predicted molar refractivity (Wildman–Crippen MR) is 129 cm³/mol. The Balaban J connectivity index is 1.42. The third-order valence-electron chi connectivity index (χ3n) is 11.2. The van der Waals surface area contributed by atoms with Crippen LogP contribution < -0.4 is 0 Å². The van der Waals surface area contributed by atoms with E-state index in [1.807, 2.05) is 0 Å². The smallest absolute Gasteiger partial charge is 0.147 e. The van der Waals surface area contributed by atoms with Gasteiger partial charge < -0.3 is 5.11 Å². The van der Waals surface area contributed by atoms with Crippen LogP contribution in [0, 0.1) is 40.4 Å². The Labute approximate surface area is 195 Å². The lowest BCUT2D eigenvalue weighted by molar-refractivity contribution is -0.455. The van der Waals surface area contributed by atoms with Crippen molar-refractivity contribution in [2.75, 3.05) is 0 Å². The van der Waals surface area contributed by atoms with Gasteiger partial charge in [0.05, 0.1) is 6.10 Å². The number of fused-ring (bicyclic) bond motifs is 2. The topological polar surface area (TPSA) is 38.7 Å². The summed E-state index contributed by atoms with van der Waals surface area (Å²) in [6.07, 6.45) is 17.1. The van der Waals surface area contributed by atoms with Crippen LogP contribution in [0.2, 0.25) is 0 Å². The molecule has 3 nitrogen and oxygen atoms in total. The van der Waals surface area contributed by atoms with Gasteiger partial charge in [-0.15, -0.1) is 0 Å². The molecule has 2 spiro atoms. The maximum Gasteiger partial charge on any atom is 0.147 e. The SMILES string of the molecule is CCC(CC[C@@H](C)C1CCC2[C@]1(C)CC=C1[C@]23C=C[C@]2(CC(O)CC[C@]12C)OO3)C(C)C. The van der Waals surface area contributed by atoms with E-state index in [0.29, 0.717) is 12.3 Å². The first-order valence-electron chi connectivity index (χ1n) is 13.6. The van der Waals surface area contributed by atoms with E-state index in [1.165, 1.54) is 37.7 Å². The second kappa shape index (κ2) is 7.68. The summed E-state index contributed by atoms with van der Waals surface area (Å²) in [6.45, 7) is 14.6. The van der Waals surface area contributed by atoms with Crippen molar-refractivity contribution in [1.29, 1.82) is 0 Å². The molecule has 9 atom stereocenters. The summed E-state index contributed by atoms with van der Waals surface area (Å²) < 4.78 is 0. The van der Waals surface area contributed by atoms with Crippen LogP contribution in [0.3, 0.4) is 0 Å². The maximum atomic E-state index is 10.4. The van der Waals surface area contributed by atoms with Crippen molar-refractivity contribution in [3.8, 4) is 0 Å². The molecule has 1 saturated heterocycles. The van der Waals surface area contributed by atoms with Crippen molar-refractivity contribution in [3.63, 3.8) is 0 Å². The highest BCUT2D eigenvalue weighted by Gasteiger charge is 2.71. The van der Waals surface area contributed by atoms with Crippen molar-refractivity contribution in [2.45, 2.75) is 117 Å². The summed E-state index contributed by atoms with van der Waals surface area (Å²) in [5.41, 5.74) is 0.772. The molecule has 6 aliphatic rings. The van der Waals surface area contributed by atoms with Gasteiger partial charge in [-0.3, -0.25) is 0 Å². The van der Waals surface area contributed by atoms with Crippen LogP contribution in [0.15, 0.2) is 23.8 Å². The first kappa shape index (κ1) is 23.1. The molecular formula is C29H46O3. The van der Waals surface area contributed by atoms with Crippen LogP contribution in [0.1, 0.15) is 99.3 Å². The lowest BCUT2D eigenvalue weighted by atomic mass is 9.46. The summed E-state index contributed by atoms with van der Waals surface area (Å²) in [5.74, 6) is 3.61. The minimum absolute atomic E-state index is 0.0596. The van der Waals surface area contributed by atoms with E-state index in [0.717, 1.165) is 42.9 Å². The Morgan fingerprint density at radius 1 is 1.06 bits per heavy atom. The second-order valence-corrected chi connectivity index (χ2v) is 12.9. The monoisotopic (exact) mass is 442 g/mol. The molecule has 0 amide bonds. The third kappa shape index (κ3) is 2.96. The fraction of sp³-hybridized carbons (Fsp3) is 0.862. The van der Waals surface area contributed by atoms with Crippen molar-refractivity contribution in [1.82, 2.24) is 0 Å². The third-order valence-corrected chi connectivity index (χ3v) is 11.2. The van der Waals surface area contributed by atoms with Gasteiger partial charge in [0.2, 0.25) is 0 Å². The van der Waals surface area contributed by atoms with Gasteiger partial charge in [-0.25, -0.2) is 9.78 Å². The van der Waals surface area contributed by atoms with Gasteiger partial charge in [-0.05, 0) is 85.3 Å². The summed E-state index contributed by atoms with van der Waals surface area (Å²) in [5, 5.41) is 10.4. The first-order chi connectivity index (χ1) is 15.1. The van der Waals surface area contributed by atoms with E-state index in [1.54, 1.807) is 0 Å². The molecule has 1 N–H and O–H groups in total. The standard InChI is InChI=1S/C29H46O3/c1-7-21(19(2)3)9-8-20(4)23-10-11-24-26(23,5)14-13-25-27(6)15-12-22(30)18-28(27)16-17-29(24,25)32-31-28/h13,16-17,19-24,30H,7-12,14-15,18H2,1-6H3/t20-,21?,22?,23?,24?,26-,27-,28-,29+/m1/s1. The van der Waals surface area contributed by atoms with Gasteiger partial charge >= 0.3 is 0 Å². The van der Waals surface area contributed by atoms with E-state index < -0.39 is 11.2 Å². The Morgan fingerprint density at radius 2 is 1.84 bits per heavy atom. The molecule has 2 bridgehead atoms. The molecule has 0 aromatic carbocycles. The normalized spacial score (nSPS) is 48.8. The van der Waals surface area contributed by atoms with E-state index in [-0.39, 0.29) is 16.9 Å². The molecule has 2 saturated carbocycles. The maximum absolute atomic E-state index is 10.4. The second-order valence-electron chi connectivity index (χ2n) is 12.9. The molecule has 3 heteroatoms. The van der Waals surface area contributed by atoms with Crippen LogP contribution in [0.4, 0.5) is 0 Å². The molecule has 2 aliphatic heterocycles. The quantitative estimate of drug-likeness (QED) is 0.355. The van der Waals surface area contributed by atoms with E-state index in [9.17, 15) is 5.11 Å². The highest BCUT2D eigenvalue weighted by atomic mass is 17.2. The number of aliphatic hydroxyl groups excluding tert-OH is 1. The highest BCUT2D eigenvalue weighted by Crippen LogP contribution is 2.71. The lowest BCUT2D eigenvalue weighted by Crippen LogP contribution is -2.69. The molecular weight excluding hydrogens is 396 g/mol. The zero-order chi connectivity index (χ0) is 22.9. The van der Waals surface area contributed by atoms with E-state index >= 15 is 0 Å². The van der Waals surface area contributed by atoms with Gasteiger partial charge in [0.15, 0.2) is 0 Å². The highest BCUT2D eigenvalue weighted by molar-refractivity contribution is 5.48.